The lowest BCUT2D eigenvalue weighted by Crippen LogP contribution is -1.93. The Labute approximate surface area is 132 Å². The van der Waals surface area contributed by atoms with Crippen LogP contribution >= 0.6 is 15.9 Å². The van der Waals surface area contributed by atoms with E-state index >= 15 is 0 Å². The van der Waals surface area contributed by atoms with Crippen molar-refractivity contribution < 1.29 is 0 Å². The fourth-order valence-electron chi connectivity index (χ4n) is 2.22. The van der Waals surface area contributed by atoms with Crippen molar-refractivity contribution in [2.24, 2.45) is 0 Å². The highest BCUT2D eigenvalue weighted by atomic mass is 79.9. The summed E-state index contributed by atoms with van der Waals surface area (Å²) in [4.78, 5) is 0. The minimum Gasteiger partial charge on any atom is -0.252 e. The Morgan fingerprint density at radius 2 is 1.57 bits per heavy atom. The number of halogens is 1. The highest BCUT2D eigenvalue weighted by Gasteiger charge is 2.03. The molecule has 21 heavy (non-hydrogen) atoms. The Morgan fingerprint density at radius 3 is 2.14 bits per heavy atom. The molecule has 3 nitrogen and oxygen atoms in total. The summed E-state index contributed by atoms with van der Waals surface area (Å²) in [6.07, 6.45) is 2.92. The zero-order valence-corrected chi connectivity index (χ0v) is 13.4. The fourth-order valence-corrected chi connectivity index (χ4v) is 2.48. The fraction of sp³-hybridized carbons (Fsp3) is 0.176. The second kappa shape index (κ2) is 6.22. The molecule has 3 rings (SSSR count). The van der Waals surface area contributed by atoms with Crippen LogP contribution < -0.4 is 0 Å². The topological polar surface area (TPSA) is 30.7 Å². The Balaban J connectivity index is 1.76. The molecule has 0 amide bonds. The molecule has 0 saturated heterocycles. The van der Waals surface area contributed by atoms with Gasteiger partial charge in [0, 0.05) is 16.6 Å². The minimum absolute atomic E-state index is 0.842. The maximum atomic E-state index is 4.19. The largest absolute Gasteiger partial charge is 0.252 e. The molecule has 0 bridgehead atoms. The first-order valence-electron chi connectivity index (χ1n) is 6.98. The third kappa shape index (κ3) is 3.39. The van der Waals surface area contributed by atoms with E-state index in [9.17, 15) is 0 Å². The van der Waals surface area contributed by atoms with Gasteiger partial charge in [0.2, 0.25) is 0 Å². The van der Waals surface area contributed by atoms with Gasteiger partial charge in [-0.3, -0.25) is 4.68 Å². The van der Waals surface area contributed by atoms with Gasteiger partial charge in [0.05, 0.1) is 6.20 Å². The van der Waals surface area contributed by atoms with E-state index in [1.165, 1.54) is 11.1 Å². The lowest BCUT2D eigenvalue weighted by Gasteiger charge is -2.03. The van der Waals surface area contributed by atoms with Gasteiger partial charge < -0.3 is 0 Å². The Hall–Kier alpha value is -1.94. The molecule has 0 aliphatic carbocycles. The number of aromatic nitrogens is 3. The van der Waals surface area contributed by atoms with Crippen molar-refractivity contribution in [3.63, 3.8) is 0 Å². The average Bonchev–Trinajstić information content (AvgIpc) is 2.99. The van der Waals surface area contributed by atoms with E-state index in [0.717, 1.165) is 28.7 Å². The van der Waals surface area contributed by atoms with E-state index in [4.69, 9.17) is 0 Å². The second-order valence-electron chi connectivity index (χ2n) is 4.96. The number of rotatable bonds is 4. The van der Waals surface area contributed by atoms with Crippen LogP contribution in [0.1, 0.15) is 18.1 Å². The van der Waals surface area contributed by atoms with Crippen LogP contribution in [0.4, 0.5) is 0 Å². The number of hydrogen-bond donors (Lipinski definition) is 0. The molecule has 1 aromatic heterocycles. The van der Waals surface area contributed by atoms with E-state index < -0.39 is 0 Å². The molecule has 2 aromatic carbocycles. The van der Waals surface area contributed by atoms with Gasteiger partial charge in [-0.25, -0.2) is 0 Å². The van der Waals surface area contributed by atoms with Crippen molar-refractivity contribution in [1.82, 2.24) is 15.0 Å². The smallest absolute Gasteiger partial charge is 0.113 e. The molecule has 0 atom stereocenters. The van der Waals surface area contributed by atoms with Crippen LogP contribution in [0.3, 0.4) is 0 Å². The normalized spacial score (nSPS) is 10.8. The highest BCUT2D eigenvalue weighted by molar-refractivity contribution is 9.10. The molecule has 0 aliphatic rings. The molecule has 0 saturated carbocycles. The standard InChI is InChI=1S/C17H16BrN3/c1-2-21-12-17(19-20-21)15-7-3-13(4-8-15)11-14-5-9-16(18)10-6-14/h3-10,12H,2,11H2,1H3. The average molecular weight is 342 g/mol. The molecular formula is C17H16BrN3. The summed E-state index contributed by atoms with van der Waals surface area (Å²) in [7, 11) is 0. The molecule has 0 aliphatic heterocycles. The third-order valence-corrected chi connectivity index (χ3v) is 3.96. The Kier molecular flexibility index (Phi) is 4.15. The predicted octanol–water partition coefficient (Wildman–Crippen LogP) is 4.32. The number of benzene rings is 2. The quantitative estimate of drug-likeness (QED) is 0.707. The third-order valence-electron chi connectivity index (χ3n) is 3.43. The van der Waals surface area contributed by atoms with Crippen LogP contribution in [0.15, 0.2) is 59.2 Å². The predicted molar refractivity (Wildman–Crippen MR) is 88.1 cm³/mol. The summed E-state index contributed by atoms with van der Waals surface area (Å²) in [5.41, 5.74) is 4.63. The summed E-state index contributed by atoms with van der Waals surface area (Å²) in [6.45, 7) is 2.90. The van der Waals surface area contributed by atoms with Crippen LogP contribution in [0.5, 0.6) is 0 Å². The van der Waals surface area contributed by atoms with Crippen LogP contribution in [-0.4, -0.2) is 15.0 Å². The van der Waals surface area contributed by atoms with Gasteiger partial charge in [-0.05, 0) is 36.6 Å². The molecule has 3 aromatic rings. The summed E-state index contributed by atoms with van der Waals surface area (Å²) >= 11 is 3.46. The monoisotopic (exact) mass is 341 g/mol. The molecule has 1 heterocycles. The summed E-state index contributed by atoms with van der Waals surface area (Å²) in [6, 6.07) is 17.0. The van der Waals surface area contributed by atoms with Gasteiger partial charge in [-0.15, -0.1) is 5.10 Å². The minimum atomic E-state index is 0.842. The van der Waals surface area contributed by atoms with E-state index in [1.807, 2.05) is 10.9 Å². The van der Waals surface area contributed by atoms with Gasteiger partial charge in [-0.1, -0.05) is 57.5 Å². The first-order chi connectivity index (χ1) is 10.2. The van der Waals surface area contributed by atoms with E-state index in [0.29, 0.717) is 0 Å². The van der Waals surface area contributed by atoms with Crippen molar-refractivity contribution >= 4 is 15.9 Å². The summed E-state index contributed by atoms with van der Waals surface area (Å²) in [5, 5.41) is 8.26. The highest BCUT2D eigenvalue weighted by Crippen LogP contribution is 2.19. The van der Waals surface area contributed by atoms with Crippen molar-refractivity contribution in [1.29, 1.82) is 0 Å². The van der Waals surface area contributed by atoms with Crippen LogP contribution in [0, 0.1) is 0 Å². The maximum Gasteiger partial charge on any atom is 0.113 e. The SMILES string of the molecule is CCn1cc(-c2ccc(Cc3ccc(Br)cc3)cc2)nn1. The van der Waals surface area contributed by atoms with Gasteiger partial charge in [0.25, 0.3) is 0 Å². The van der Waals surface area contributed by atoms with E-state index in [2.05, 4.69) is 81.7 Å². The molecule has 0 fully saturated rings. The molecular weight excluding hydrogens is 326 g/mol. The van der Waals surface area contributed by atoms with Crippen LogP contribution in [0.2, 0.25) is 0 Å². The lowest BCUT2D eigenvalue weighted by atomic mass is 10.0. The van der Waals surface area contributed by atoms with Crippen molar-refractivity contribution in [3.8, 4) is 11.3 Å². The van der Waals surface area contributed by atoms with Gasteiger partial charge in [0.15, 0.2) is 0 Å². The maximum absolute atomic E-state index is 4.19. The molecule has 0 radical (unpaired) electrons. The number of aryl methyl sites for hydroxylation is 1. The van der Waals surface area contributed by atoms with Gasteiger partial charge in [-0.2, -0.15) is 0 Å². The Bertz CT molecular complexity index is 715. The second-order valence-corrected chi connectivity index (χ2v) is 5.88. The summed E-state index contributed by atoms with van der Waals surface area (Å²) < 4.78 is 2.95. The van der Waals surface area contributed by atoms with Crippen molar-refractivity contribution in [2.45, 2.75) is 19.9 Å². The van der Waals surface area contributed by atoms with Crippen LogP contribution in [-0.2, 0) is 13.0 Å². The van der Waals surface area contributed by atoms with Crippen molar-refractivity contribution in [3.05, 3.63) is 70.3 Å². The molecule has 106 valence electrons. The number of hydrogen-bond acceptors (Lipinski definition) is 2. The molecule has 0 spiro atoms. The van der Waals surface area contributed by atoms with Gasteiger partial charge >= 0.3 is 0 Å². The zero-order chi connectivity index (χ0) is 14.7. The van der Waals surface area contributed by atoms with Crippen LogP contribution in [0.25, 0.3) is 11.3 Å². The number of nitrogens with zero attached hydrogens (tertiary/aromatic N) is 3. The zero-order valence-electron chi connectivity index (χ0n) is 11.8. The van der Waals surface area contributed by atoms with Gasteiger partial charge in [0.1, 0.15) is 5.69 Å². The lowest BCUT2D eigenvalue weighted by molar-refractivity contribution is 0.627. The molecule has 0 N–H and O–H groups in total. The van der Waals surface area contributed by atoms with Crippen molar-refractivity contribution in [2.75, 3.05) is 0 Å². The molecule has 0 unspecified atom stereocenters. The first-order valence-corrected chi connectivity index (χ1v) is 7.78. The molecule has 4 heteroatoms. The van der Waals surface area contributed by atoms with E-state index in [1.54, 1.807) is 0 Å². The van der Waals surface area contributed by atoms with E-state index in [-0.39, 0.29) is 0 Å². The summed E-state index contributed by atoms with van der Waals surface area (Å²) in [5.74, 6) is 0. The first kappa shape index (κ1) is 14.0. The Morgan fingerprint density at radius 1 is 0.952 bits per heavy atom.